The highest BCUT2D eigenvalue weighted by Gasteiger charge is 2.14. The van der Waals surface area contributed by atoms with Crippen molar-refractivity contribution < 1.29 is 1.37 Å². The number of aryl methyl sites for hydroxylation is 2. The van der Waals surface area contributed by atoms with Crippen molar-refractivity contribution in [3.63, 3.8) is 0 Å². The highest BCUT2D eigenvalue weighted by molar-refractivity contribution is 5.33. The quantitative estimate of drug-likeness (QED) is 0.284. The number of hydrogen-bond donors (Lipinski definition) is 0. The van der Waals surface area contributed by atoms with Gasteiger partial charge in [0.15, 0.2) is 0 Å². The fourth-order valence-electron chi connectivity index (χ4n) is 3.74. The summed E-state index contributed by atoms with van der Waals surface area (Å²) in [6.45, 7) is 12.2. The first-order valence-corrected chi connectivity index (χ1v) is 11.4. The standard InChI is InChI=1S/C26H46.CH4/c1-7-9-11-13-25(12-10-8-2)26-19-23(16-14-21(3)4)18-24(20-26)17-15-22(5)6;/h18-22,25H,7-17H2,1-6H3;1H4/i2D;. The van der Waals surface area contributed by atoms with E-state index in [0.29, 0.717) is 12.8 Å². The van der Waals surface area contributed by atoms with Gasteiger partial charge in [0, 0.05) is 1.37 Å². The van der Waals surface area contributed by atoms with E-state index in [0.717, 1.165) is 18.3 Å². The molecule has 1 unspecified atom stereocenters. The van der Waals surface area contributed by atoms with Crippen LogP contribution in [0, 0.1) is 11.8 Å². The van der Waals surface area contributed by atoms with Gasteiger partial charge in [-0.1, -0.05) is 99.2 Å². The smallest absolute Gasteiger partial charge is 0.0230 e. The molecule has 158 valence electrons. The molecule has 0 saturated heterocycles. The van der Waals surface area contributed by atoms with Gasteiger partial charge in [-0.3, -0.25) is 0 Å². The van der Waals surface area contributed by atoms with Crippen molar-refractivity contribution in [3.05, 3.63) is 34.9 Å². The highest BCUT2D eigenvalue weighted by Crippen LogP contribution is 2.30. The molecule has 0 heterocycles. The first kappa shape index (κ1) is 24.3. The van der Waals surface area contributed by atoms with Crippen molar-refractivity contribution in [2.45, 2.75) is 125 Å². The molecule has 0 amide bonds. The Labute approximate surface area is 174 Å². The van der Waals surface area contributed by atoms with E-state index < -0.39 is 0 Å². The van der Waals surface area contributed by atoms with Gasteiger partial charge in [-0.25, -0.2) is 0 Å². The molecule has 1 rings (SSSR count). The molecule has 0 aliphatic heterocycles. The van der Waals surface area contributed by atoms with Gasteiger partial charge in [0.25, 0.3) is 0 Å². The van der Waals surface area contributed by atoms with Crippen molar-refractivity contribution in [2.24, 2.45) is 11.8 Å². The van der Waals surface area contributed by atoms with E-state index in [1.165, 1.54) is 64.2 Å². The maximum atomic E-state index is 7.48. The summed E-state index contributed by atoms with van der Waals surface area (Å²) >= 11 is 0. The Balaban J connectivity index is 0.00000729. The van der Waals surface area contributed by atoms with Crippen LogP contribution in [-0.4, -0.2) is 0 Å². The number of hydrogen-bond acceptors (Lipinski definition) is 0. The highest BCUT2D eigenvalue weighted by atomic mass is 14.2. The summed E-state index contributed by atoms with van der Waals surface area (Å²) in [5, 5.41) is 0. The Kier molecular flexibility index (Phi) is 13.6. The average Bonchev–Trinajstić information content (AvgIpc) is 2.63. The lowest BCUT2D eigenvalue weighted by atomic mass is 9.85. The lowest BCUT2D eigenvalue weighted by Gasteiger charge is -2.20. The zero-order valence-corrected chi connectivity index (χ0v) is 18.4. The molecule has 0 fully saturated rings. The van der Waals surface area contributed by atoms with E-state index in [4.69, 9.17) is 1.37 Å². The Bertz CT molecular complexity index is 449. The summed E-state index contributed by atoms with van der Waals surface area (Å²) in [4.78, 5) is 0. The normalized spacial score (nSPS) is 12.9. The second-order valence-corrected chi connectivity index (χ2v) is 9.14. The van der Waals surface area contributed by atoms with Crippen LogP contribution < -0.4 is 0 Å². The maximum absolute atomic E-state index is 7.48. The second-order valence-electron chi connectivity index (χ2n) is 9.14. The minimum Gasteiger partial charge on any atom is -0.0776 e. The summed E-state index contributed by atoms with van der Waals surface area (Å²) in [6.07, 6.45) is 13.8. The fourth-order valence-corrected chi connectivity index (χ4v) is 3.74. The lowest BCUT2D eigenvalue weighted by Crippen LogP contribution is -2.04. The largest absolute Gasteiger partial charge is 0.0776 e. The molecule has 27 heavy (non-hydrogen) atoms. The molecule has 0 nitrogen and oxygen atoms in total. The van der Waals surface area contributed by atoms with Crippen LogP contribution in [0.3, 0.4) is 0 Å². The first-order valence-electron chi connectivity index (χ1n) is 12.1. The molecule has 0 N–H and O–H groups in total. The van der Waals surface area contributed by atoms with Gasteiger partial charge in [0.2, 0.25) is 0 Å². The predicted octanol–water partition coefficient (Wildman–Crippen LogP) is 9.35. The minimum absolute atomic E-state index is 0. The van der Waals surface area contributed by atoms with E-state index in [-0.39, 0.29) is 7.43 Å². The summed E-state index contributed by atoms with van der Waals surface area (Å²) in [6, 6.07) is 7.54. The molecule has 0 spiro atoms. The molecule has 0 saturated carbocycles. The molecule has 0 aliphatic carbocycles. The van der Waals surface area contributed by atoms with Crippen molar-refractivity contribution >= 4 is 0 Å². The van der Waals surface area contributed by atoms with Gasteiger partial charge < -0.3 is 0 Å². The second kappa shape index (κ2) is 15.2. The molecular weight excluding hydrogens is 324 g/mol. The number of benzene rings is 1. The van der Waals surface area contributed by atoms with Gasteiger partial charge in [-0.15, -0.1) is 0 Å². The van der Waals surface area contributed by atoms with Crippen LogP contribution in [0.15, 0.2) is 18.2 Å². The van der Waals surface area contributed by atoms with Gasteiger partial charge in [0.1, 0.15) is 0 Å². The van der Waals surface area contributed by atoms with Gasteiger partial charge in [-0.2, -0.15) is 0 Å². The molecule has 0 aromatic heterocycles. The first-order chi connectivity index (χ1) is 13.0. The molecule has 1 aromatic carbocycles. The van der Waals surface area contributed by atoms with Crippen molar-refractivity contribution in [3.8, 4) is 0 Å². The lowest BCUT2D eigenvalue weighted by molar-refractivity contribution is 0.513. The molecule has 0 heteroatoms. The van der Waals surface area contributed by atoms with Crippen LogP contribution >= 0.6 is 0 Å². The number of unbranched alkanes of at least 4 members (excludes halogenated alkanes) is 3. The SMILES string of the molecule is C.[2H]CCCCC(CCCCC)c1cc(CCC(C)C)cc(CCC(C)C)c1. The van der Waals surface area contributed by atoms with Crippen LogP contribution in [0.5, 0.6) is 0 Å². The van der Waals surface area contributed by atoms with E-state index in [9.17, 15) is 0 Å². The molecule has 0 aliphatic rings. The molecule has 1 atom stereocenters. The van der Waals surface area contributed by atoms with Crippen molar-refractivity contribution in [1.82, 2.24) is 0 Å². The van der Waals surface area contributed by atoms with Gasteiger partial charge in [-0.05, 0) is 73.0 Å². The van der Waals surface area contributed by atoms with Crippen molar-refractivity contribution in [2.75, 3.05) is 0 Å². The zero-order chi connectivity index (χ0) is 20.1. The summed E-state index contributed by atoms with van der Waals surface area (Å²) < 4.78 is 7.48. The molecule has 1 aromatic rings. The maximum Gasteiger partial charge on any atom is 0.0230 e. The predicted molar refractivity (Wildman–Crippen MR) is 126 cm³/mol. The summed E-state index contributed by atoms with van der Waals surface area (Å²) in [5.74, 6) is 2.23. The van der Waals surface area contributed by atoms with Crippen LogP contribution in [0.2, 0.25) is 0 Å². The van der Waals surface area contributed by atoms with E-state index in [1.807, 2.05) is 0 Å². The Hall–Kier alpha value is -0.780. The Morgan fingerprint density at radius 1 is 0.741 bits per heavy atom. The van der Waals surface area contributed by atoms with Crippen LogP contribution in [-0.2, 0) is 12.8 Å². The fraction of sp³-hybridized carbons (Fsp3) is 0.778. The van der Waals surface area contributed by atoms with E-state index in [1.54, 1.807) is 16.7 Å². The minimum atomic E-state index is 0. The topological polar surface area (TPSA) is 0 Å². The average molecular weight is 376 g/mol. The zero-order valence-electron chi connectivity index (χ0n) is 19.4. The third-order valence-electron chi connectivity index (χ3n) is 5.53. The van der Waals surface area contributed by atoms with E-state index >= 15 is 0 Å². The summed E-state index contributed by atoms with van der Waals surface area (Å²) in [5.41, 5.74) is 4.71. The third kappa shape index (κ3) is 11.6. The van der Waals surface area contributed by atoms with Crippen LogP contribution in [0.1, 0.15) is 131 Å². The Morgan fingerprint density at radius 2 is 1.30 bits per heavy atom. The summed E-state index contributed by atoms with van der Waals surface area (Å²) in [7, 11) is 0. The molecule has 0 bridgehead atoms. The van der Waals surface area contributed by atoms with Crippen molar-refractivity contribution in [1.29, 1.82) is 0 Å². The van der Waals surface area contributed by atoms with Crippen LogP contribution in [0.25, 0.3) is 0 Å². The molecular formula is C27H50. The monoisotopic (exact) mass is 375 g/mol. The molecule has 0 radical (unpaired) electrons. The number of rotatable bonds is 14. The van der Waals surface area contributed by atoms with Gasteiger partial charge >= 0.3 is 0 Å². The van der Waals surface area contributed by atoms with Crippen LogP contribution in [0.4, 0.5) is 0 Å². The van der Waals surface area contributed by atoms with E-state index in [2.05, 4.69) is 52.8 Å². The third-order valence-corrected chi connectivity index (χ3v) is 5.53. The Morgan fingerprint density at radius 3 is 1.78 bits per heavy atom. The van der Waals surface area contributed by atoms with Gasteiger partial charge in [0.05, 0.1) is 0 Å².